The molecule has 2 nitrogen and oxygen atoms in total. The molecule has 1 radical (unpaired) electrons. The molecule has 2 aromatic carbocycles. The number of aryl methyl sites for hydroxylation is 3. The normalized spacial score (nSPS) is 10.2. The molecule has 0 aliphatic carbocycles. The summed E-state index contributed by atoms with van der Waals surface area (Å²) in [6, 6.07) is 17.8. The van der Waals surface area contributed by atoms with Crippen LogP contribution < -0.4 is 0 Å². The molecule has 0 atom stereocenters. The Balaban J connectivity index is 0.00000161. The van der Waals surface area contributed by atoms with Crippen molar-refractivity contribution in [3.05, 3.63) is 71.4 Å². The van der Waals surface area contributed by atoms with Gasteiger partial charge in [0.15, 0.2) is 0 Å². The van der Waals surface area contributed by atoms with E-state index in [0.29, 0.717) is 0 Å². The minimum atomic E-state index is 0. The van der Waals surface area contributed by atoms with Crippen molar-refractivity contribution in [2.75, 3.05) is 0 Å². The molecular weight excluding hydrogens is 436 g/mol. The van der Waals surface area contributed by atoms with E-state index in [1.807, 2.05) is 16.9 Å². The van der Waals surface area contributed by atoms with E-state index < -0.39 is 0 Å². The number of hydrogen-bond acceptors (Lipinski definition) is 1. The second kappa shape index (κ2) is 6.38. The van der Waals surface area contributed by atoms with E-state index in [1.165, 1.54) is 22.3 Å². The van der Waals surface area contributed by atoms with Crippen LogP contribution in [0.2, 0.25) is 0 Å². The summed E-state index contributed by atoms with van der Waals surface area (Å²) in [5, 5.41) is 4.46. The molecule has 109 valence electrons. The summed E-state index contributed by atoms with van der Waals surface area (Å²) >= 11 is 0. The fourth-order valence-electron chi connectivity index (χ4n) is 2.53. The van der Waals surface area contributed by atoms with Gasteiger partial charge in [0.1, 0.15) is 0 Å². The van der Waals surface area contributed by atoms with E-state index in [9.17, 15) is 0 Å². The Kier molecular flexibility index (Phi) is 4.76. The fraction of sp³-hybridized carbons (Fsp3) is 0.167. The maximum Gasteiger partial charge on any atom is 0.0721 e. The van der Waals surface area contributed by atoms with Crippen molar-refractivity contribution in [2.24, 2.45) is 0 Å². The average Bonchev–Trinajstić information content (AvgIpc) is 2.88. The molecule has 0 spiro atoms. The molecule has 0 aliphatic heterocycles. The first-order valence-electron chi connectivity index (χ1n) is 6.76. The van der Waals surface area contributed by atoms with Gasteiger partial charge in [-0.1, -0.05) is 25.1 Å². The van der Waals surface area contributed by atoms with Gasteiger partial charge in [-0.3, -0.25) is 4.68 Å². The van der Waals surface area contributed by atoms with Crippen molar-refractivity contribution in [1.82, 2.24) is 9.78 Å². The number of rotatable bonds is 2. The van der Waals surface area contributed by atoms with Gasteiger partial charge in [-0.25, -0.2) is 0 Å². The number of aromatic nitrogens is 2. The SMILES string of the molecule is Cc1c[c-]c(-n2nccc2-c2c(C)cccc2C)cc1.[Ir]. The van der Waals surface area contributed by atoms with Gasteiger partial charge >= 0.3 is 0 Å². The minimum Gasteiger partial charge on any atom is -0.258 e. The van der Waals surface area contributed by atoms with Gasteiger partial charge in [0.05, 0.1) is 5.69 Å². The number of hydrogen-bond donors (Lipinski definition) is 0. The Morgan fingerprint density at radius 3 is 2.29 bits per heavy atom. The van der Waals surface area contributed by atoms with Crippen LogP contribution in [0.5, 0.6) is 0 Å². The Labute approximate surface area is 139 Å². The van der Waals surface area contributed by atoms with Crippen LogP contribution in [0.25, 0.3) is 16.9 Å². The predicted molar refractivity (Wildman–Crippen MR) is 82.0 cm³/mol. The van der Waals surface area contributed by atoms with E-state index in [2.05, 4.69) is 68.3 Å². The smallest absolute Gasteiger partial charge is 0.0721 e. The zero-order valence-corrected chi connectivity index (χ0v) is 14.7. The predicted octanol–water partition coefficient (Wildman–Crippen LogP) is 4.26. The third kappa shape index (κ3) is 2.99. The van der Waals surface area contributed by atoms with Crippen LogP contribution in [0, 0.1) is 26.8 Å². The Hall–Kier alpha value is -1.70. The van der Waals surface area contributed by atoms with E-state index >= 15 is 0 Å². The molecule has 1 aromatic heterocycles. The summed E-state index contributed by atoms with van der Waals surface area (Å²) in [7, 11) is 0. The molecule has 0 amide bonds. The van der Waals surface area contributed by atoms with Gasteiger partial charge in [0.25, 0.3) is 0 Å². The molecule has 0 saturated heterocycles. The van der Waals surface area contributed by atoms with Gasteiger partial charge in [-0.05, 0) is 36.7 Å². The number of nitrogens with zero attached hydrogens (tertiary/aromatic N) is 2. The zero-order valence-electron chi connectivity index (χ0n) is 12.3. The molecule has 3 aromatic rings. The largest absolute Gasteiger partial charge is 0.258 e. The Morgan fingerprint density at radius 2 is 1.67 bits per heavy atom. The summed E-state index contributed by atoms with van der Waals surface area (Å²) in [6.45, 7) is 6.34. The van der Waals surface area contributed by atoms with Crippen molar-refractivity contribution in [2.45, 2.75) is 20.8 Å². The summed E-state index contributed by atoms with van der Waals surface area (Å²) in [5.74, 6) is 0. The van der Waals surface area contributed by atoms with Gasteiger partial charge in [-0.15, -0.1) is 6.07 Å². The average molecular weight is 454 g/mol. The molecule has 21 heavy (non-hydrogen) atoms. The minimum absolute atomic E-state index is 0. The van der Waals surface area contributed by atoms with Gasteiger partial charge in [0.2, 0.25) is 0 Å². The molecule has 0 N–H and O–H groups in total. The summed E-state index contributed by atoms with van der Waals surface area (Å²) in [6.07, 6.45) is 1.84. The Morgan fingerprint density at radius 1 is 0.952 bits per heavy atom. The molecule has 0 saturated carbocycles. The zero-order chi connectivity index (χ0) is 14.1. The molecule has 3 heteroatoms. The van der Waals surface area contributed by atoms with E-state index in [0.717, 1.165) is 11.4 Å². The second-order valence-corrected chi connectivity index (χ2v) is 5.15. The first kappa shape index (κ1) is 15.7. The molecule has 0 aliphatic rings. The van der Waals surface area contributed by atoms with Crippen molar-refractivity contribution in [3.8, 4) is 16.9 Å². The van der Waals surface area contributed by atoms with Crippen molar-refractivity contribution >= 4 is 0 Å². The third-order valence-electron chi connectivity index (χ3n) is 3.56. The van der Waals surface area contributed by atoms with Crippen LogP contribution in [-0.4, -0.2) is 9.78 Å². The maximum absolute atomic E-state index is 4.46. The van der Waals surface area contributed by atoms with Gasteiger partial charge < -0.3 is 0 Å². The van der Waals surface area contributed by atoms with Crippen LogP contribution in [0.4, 0.5) is 0 Å². The standard InChI is InChI=1S/C18H17N2.Ir/c1-13-7-9-16(10-8-13)20-17(11-12-19-20)18-14(2)5-4-6-15(18)3;/h4-9,11-12H,1-3H3;/q-1;. The second-order valence-electron chi connectivity index (χ2n) is 5.15. The maximum atomic E-state index is 4.46. The van der Waals surface area contributed by atoms with Gasteiger partial charge in [0, 0.05) is 31.9 Å². The molecule has 0 bridgehead atoms. The van der Waals surface area contributed by atoms with Crippen LogP contribution in [0.15, 0.2) is 48.7 Å². The first-order chi connectivity index (χ1) is 9.66. The van der Waals surface area contributed by atoms with Crippen LogP contribution in [0.3, 0.4) is 0 Å². The van der Waals surface area contributed by atoms with Crippen molar-refractivity contribution < 1.29 is 20.1 Å². The molecule has 0 fully saturated rings. The fourth-order valence-corrected chi connectivity index (χ4v) is 2.53. The van der Waals surface area contributed by atoms with Crippen molar-refractivity contribution in [3.63, 3.8) is 0 Å². The topological polar surface area (TPSA) is 17.8 Å². The van der Waals surface area contributed by atoms with Gasteiger partial charge in [-0.2, -0.15) is 28.9 Å². The summed E-state index contributed by atoms with van der Waals surface area (Å²) < 4.78 is 1.95. The van der Waals surface area contributed by atoms with Crippen molar-refractivity contribution in [1.29, 1.82) is 0 Å². The summed E-state index contributed by atoms with van der Waals surface area (Å²) in [5.41, 5.74) is 7.06. The van der Waals surface area contributed by atoms with Crippen LogP contribution in [0.1, 0.15) is 16.7 Å². The van der Waals surface area contributed by atoms with E-state index in [-0.39, 0.29) is 20.1 Å². The number of benzene rings is 2. The van der Waals surface area contributed by atoms with E-state index in [1.54, 1.807) is 0 Å². The monoisotopic (exact) mass is 454 g/mol. The van der Waals surface area contributed by atoms with E-state index in [4.69, 9.17) is 0 Å². The van der Waals surface area contributed by atoms with Crippen LogP contribution in [-0.2, 0) is 20.1 Å². The Bertz CT molecular complexity index is 722. The molecular formula is C18H17IrN2-. The molecule has 3 rings (SSSR count). The first-order valence-corrected chi connectivity index (χ1v) is 6.76. The quantitative estimate of drug-likeness (QED) is 0.530. The third-order valence-corrected chi connectivity index (χ3v) is 3.56. The summed E-state index contributed by atoms with van der Waals surface area (Å²) in [4.78, 5) is 0. The van der Waals surface area contributed by atoms with Crippen LogP contribution >= 0.6 is 0 Å². The molecule has 0 unspecified atom stereocenters. The molecule has 1 heterocycles.